The maximum absolute atomic E-state index is 13.1. The number of hydrogen-bond donors (Lipinski definition) is 2. The van der Waals surface area contributed by atoms with Crippen molar-refractivity contribution >= 4 is 17.8 Å². The topological polar surface area (TPSA) is 124 Å². The molecule has 11 heteroatoms. The molecule has 3 heterocycles. The molecular formula is C34H37ClN2O8. The van der Waals surface area contributed by atoms with E-state index in [4.69, 9.17) is 30.2 Å². The van der Waals surface area contributed by atoms with Crippen LogP contribution in [0.1, 0.15) is 56.4 Å². The summed E-state index contributed by atoms with van der Waals surface area (Å²) >= 11 is 6.15. The zero-order valence-corrected chi connectivity index (χ0v) is 26.3. The number of aromatic nitrogens is 1. The molecule has 1 spiro atoms. The molecule has 10 nitrogen and oxygen atoms in total. The van der Waals surface area contributed by atoms with E-state index in [1.807, 2.05) is 6.07 Å². The average Bonchev–Trinajstić information content (AvgIpc) is 3.62. The van der Waals surface area contributed by atoms with Crippen LogP contribution in [-0.2, 0) is 22.1 Å². The standard InChI is InChI=1S/C34H37ClN2O8/c1-18-27(21-5-4-6-22(35)13-21)45-30(39)37(18)32(2,3)17-42-31(40)43-24-10-9-20-14-25-34(41)12-11-23(38)29-33(34,26(20)28(24)44-29)16-36(25)15-19-7-8-19/h4-6,9-10,13,19,23,25,29,38,41H,7-8,11-12,14-17H2,1-3H3/t23?,25-,29+,33+,34-/m1/s1. The Kier molecular flexibility index (Phi) is 6.37. The van der Waals surface area contributed by atoms with Crippen molar-refractivity contribution in [1.82, 2.24) is 9.47 Å². The SMILES string of the molecule is Cc1c(-c2cccc(Cl)c2)oc(=O)n1C(C)(C)COC(=O)Oc1ccc2c3c1O[C@H]1C(O)CC[C@@]4(O)[C@@H](C2)N(CC2CC2)C[C@]314. The number of ether oxygens (including phenoxy) is 3. The van der Waals surface area contributed by atoms with Crippen molar-refractivity contribution in [3.63, 3.8) is 0 Å². The molecule has 8 rings (SSSR count). The number of likely N-dealkylation sites (tertiary alicyclic amines) is 1. The highest BCUT2D eigenvalue weighted by molar-refractivity contribution is 6.30. The molecule has 45 heavy (non-hydrogen) atoms. The quantitative estimate of drug-likeness (QED) is 0.284. The van der Waals surface area contributed by atoms with Gasteiger partial charge in [-0.15, -0.1) is 0 Å². The number of rotatable bonds is 7. The average molecular weight is 637 g/mol. The third-order valence-electron chi connectivity index (χ3n) is 10.8. The Morgan fingerprint density at radius 3 is 2.76 bits per heavy atom. The first-order valence-corrected chi connectivity index (χ1v) is 16.1. The lowest BCUT2D eigenvalue weighted by atomic mass is 9.54. The zero-order valence-electron chi connectivity index (χ0n) is 25.5. The molecule has 0 amide bonds. The van der Waals surface area contributed by atoms with E-state index in [0.29, 0.717) is 59.5 Å². The first-order valence-electron chi connectivity index (χ1n) is 15.7. The Balaban J connectivity index is 1.05. The molecule has 2 bridgehead atoms. The summed E-state index contributed by atoms with van der Waals surface area (Å²) in [5, 5.41) is 24.0. The first-order chi connectivity index (χ1) is 21.4. The fourth-order valence-corrected chi connectivity index (χ4v) is 8.93. The molecular weight excluding hydrogens is 600 g/mol. The molecule has 3 fully saturated rings. The van der Waals surface area contributed by atoms with Crippen molar-refractivity contribution in [3.05, 3.63) is 68.8 Å². The number of aliphatic hydroxyl groups is 2. The summed E-state index contributed by atoms with van der Waals surface area (Å²) in [6, 6.07) is 10.6. The van der Waals surface area contributed by atoms with E-state index in [1.54, 1.807) is 51.1 Å². The Hall–Kier alpha value is -3.31. The fourth-order valence-electron chi connectivity index (χ4n) is 8.74. The van der Waals surface area contributed by atoms with Gasteiger partial charge in [-0.3, -0.25) is 9.47 Å². The monoisotopic (exact) mass is 636 g/mol. The van der Waals surface area contributed by atoms with Gasteiger partial charge in [0, 0.05) is 35.3 Å². The number of nitrogens with zero attached hydrogens (tertiary/aromatic N) is 2. The van der Waals surface area contributed by atoms with E-state index >= 15 is 0 Å². The van der Waals surface area contributed by atoms with E-state index < -0.39 is 40.7 Å². The van der Waals surface area contributed by atoms with Crippen LogP contribution in [0, 0.1) is 12.8 Å². The maximum Gasteiger partial charge on any atom is 0.514 e. The van der Waals surface area contributed by atoms with E-state index in [2.05, 4.69) is 4.90 Å². The van der Waals surface area contributed by atoms with Crippen molar-refractivity contribution in [2.45, 2.75) is 87.7 Å². The fraction of sp³-hybridized carbons (Fsp3) is 0.529. The largest absolute Gasteiger partial charge is 0.514 e. The normalized spacial score (nSPS) is 29.8. The molecule has 0 radical (unpaired) electrons. The molecule has 238 valence electrons. The highest BCUT2D eigenvalue weighted by Crippen LogP contribution is 2.66. The van der Waals surface area contributed by atoms with Crippen LogP contribution in [0.25, 0.3) is 11.3 Å². The van der Waals surface area contributed by atoms with Crippen molar-refractivity contribution in [1.29, 1.82) is 0 Å². The number of aliphatic hydroxyl groups excluding tert-OH is 1. The highest BCUT2D eigenvalue weighted by atomic mass is 35.5. The van der Waals surface area contributed by atoms with Crippen molar-refractivity contribution in [2.24, 2.45) is 5.92 Å². The van der Waals surface area contributed by atoms with Gasteiger partial charge in [-0.2, -0.15) is 0 Å². The molecule has 1 saturated heterocycles. The molecule has 2 aromatic carbocycles. The maximum atomic E-state index is 13.1. The van der Waals surface area contributed by atoms with Gasteiger partial charge in [0.2, 0.25) is 0 Å². The van der Waals surface area contributed by atoms with Crippen molar-refractivity contribution in [2.75, 3.05) is 19.7 Å². The van der Waals surface area contributed by atoms with Crippen LogP contribution in [0.15, 0.2) is 45.6 Å². The number of carbonyl (C=O) groups is 1. The lowest BCUT2D eigenvalue weighted by Gasteiger charge is -2.52. The summed E-state index contributed by atoms with van der Waals surface area (Å²) in [6.07, 6.45) is 1.69. The van der Waals surface area contributed by atoms with Crippen LogP contribution in [0.4, 0.5) is 4.79 Å². The van der Waals surface area contributed by atoms with Crippen LogP contribution in [0.5, 0.6) is 11.5 Å². The van der Waals surface area contributed by atoms with Gasteiger partial charge in [-0.1, -0.05) is 29.8 Å². The minimum Gasteiger partial charge on any atom is -0.482 e. The molecule has 5 atom stereocenters. The van der Waals surface area contributed by atoms with Crippen LogP contribution in [-0.4, -0.2) is 69.4 Å². The van der Waals surface area contributed by atoms with E-state index in [9.17, 15) is 19.8 Å². The summed E-state index contributed by atoms with van der Waals surface area (Å²) in [6.45, 7) is 6.66. The minimum absolute atomic E-state index is 0.0386. The highest BCUT2D eigenvalue weighted by Gasteiger charge is 2.75. The zero-order chi connectivity index (χ0) is 31.5. The summed E-state index contributed by atoms with van der Waals surface area (Å²) in [5.74, 6) is 1.04. The number of halogens is 1. The predicted octanol–water partition coefficient (Wildman–Crippen LogP) is 4.56. The lowest BCUT2D eigenvalue weighted by molar-refractivity contribution is -0.138. The summed E-state index contributed by atoms with van der Waals surface area (Å²) in [5.41, 5.74) is 0.344. The lowest BCUT2D eigenvalue weighted by Crippen LogP contribution is -2.67. The third-order valence-corrected chi connectivity index (χ3v) is 11.1. The van der Waals surface area contributed by atoms with Crippen molar-refractivity contribution < 1.29 is 33.6 Å². The smallest absolute Gasteiger partial charge is 0.482 e. The third kappa shape index (κ3) is 4.18. The first kappa shape index (κ1) is 29.1. The van der Waals surface area contributed by atoms with Crippen LogP contribution >= 0.6 is 11.6 Å². The second-order valence-electron chi connectivity index (χ2n) is 14.1. The van der Waals surface area contributed by atoms with E-state index in [0.717, 1.165) is 17.7 Å². The Labute approximate surface area is 265 Å². The number of benzene rings is 2. The minimum atomic E-state index is -1.03. The van der Waals surface area contributed by atoms with Gasteiger partial charge in [0.1, 0.15) is 12.7 Å². The molecule has 2 N–H and O–H groups in total. The Morgan fingerprint density at radius 2 is 2.00 bits per heavy atom. The number of oxazole rings is 1. The van der Waals surface area contributed by atoms with Gasteiger partial charge in [-0.25, -0.2) is 9.59 Å². The summed E-state index contributed by atoms with van der Waals surface area (Å²) < 4.78 is 24.8. The van der Waals surface area contributed by atoms with Gasteiger partial charge in [-0.05, 0) is 82.6 Å². The predicted molar refractivity (Wildman–Crippen MR) is 164 cm³/mol. The molecule has 2 aliphatic heterocycles. The van der Waals surface area contributed by atoms with Gasteiger partial charge < -0.3 is 28.8 Å². The molecule has 5 aliphatic rings. The summed E-state index contributed by atoms with van der Waals surface area (Å²) in [4.78, 5) is 28.5. The molecule has 3 aromatic rings. The van der Waals surface area contributed by atoms with E-state index in [1.165, 1.54) is 17.4 Å². The van der Waals surface area contributed by atoms with Gasteiger partial charge >= 0.3 is 11.9 Å². The van der Waals surface area contributed by atoms with Gasteiger partial charge in [0.05, 0.1) is 28.4 Å². The number of carbonyl (C=O) groups excluding carboxylic acids is 1. The number of hydrogen-bond acceptors (Lipinski definition) is 9. The van der Waals surface area contributed by atoms with Gasteiger partial charge in [0.25, 0.3) is 0 Å². The molecule has 1 unspecified atom stereocenters. The van der Waals surface area contributed by atoms with Crippen LogP contribution in [0.2, 0.25) is 5.02 Å². The second kappa shape index (κ2) is 9.84. The van der Waals surface area contributed by atoms with E-state index in [-0.39, 0.29) is 18.4 Å². The molecule has 1 aromatic heterocycles. The summed E-state index contributed by atoms with van der Waals surface area (Å²) in [7, 11) is 0. The Bertz CT molecular complexity index is 1780. The van der Waals surface area contributed by atoms with Crippen molar-refractivity contribution in [3.8, 4) is 22.8 Å². The molecule has 3 aliphatic carbocycles. The van der Waals surface area contributed by atoms with Gasteiger partial charge in [0.15, 0.2) is 17.3 Å². The molecule has 2 saturated carbocycles. The Morgan fingerprint density at radius 1 is 1.20 bits per heavy atom. The van der Waals surface area contributed by atoms with Crippen LogP contribution < -0.4 is 15.2 Å². The van der Waals surface area contributed by atoms with Crippen LogP contribution in [0.3, 0.4) is 0 Å². The second-order valence-corrected chi connectivity index (χ2v) is 14.6.